The van der Waals surface area contributed by atoms with E-state index in [2.05, 4.69) is 43.5 Å². The Morgan fingerprint density at radius 1 is 1.43 bits per heavy atom. The molecule has 1 saturated carbocycles. The molecule has 2 aliphatic heterocycles. The minimum atomic E-state index is -0.331. The molecular weight excluding hydrogens is 382 g/mol. The van der Waals surface area contributed by atoms with Crippen molar-refractivity contribution in [3.63, 3.8) is 0 Å². The first-order valence-corrected chi connectivity index (χ1v) is 10.2. The highest BCUT2D eigenvalue weighted by atomic mass is 35.5. The van der Waals surface area contributed by atoms with Crippen LogP contribution in [0.2, 0.25) is 0 Å². The summed E-state index contributed by atoms with van der Waals surface area (Å²) in [5, 5.41) is 5.16. The summed E-state index contributed by atoms with van der Waals surface area (Å²) in [6, 6.07) is 0. The van der Waals surface area contributed by atoms with E-state index in [9.17, 15) is 4.79 Å². The van der Waals surface area contributed by atoms with Gasteiger partial charge in [0.2, 0.25) is 0 Å². The zero-order valence-electron chi connectivity index (χ0n) is 17.0. The molecule has 0 amide bonds. The van der Waals surface area contributed by atoms with Crippen LogP contribution in [0.5, 0.6) is 0 Å². The van der Waals surface area contributed by atoms with Crippen LogP contribution in [0.1, 0.15) is 40.0 Å². The van der Waals surface area contributed by atoms with Crippen molar-refractivity contribution in [1.82, 2.24) is 5.32 Å². The van der Waals surface area contributed by atoms with E-state index in [4.69, 9.17) is 30.5 Å². The number of hydrogen-bond donors (Lipinski definition) is 1. The SMILES string of the molecule is CO[C@@H]1[C@H](OC(=O)CNCC#CCl)CC[C@]2(CO2)[C@H]1[C@@]1(C)OC1CC=C(C)C. The number of ether oxygens (including phenoxy) is 4. The fourth-order valence-corrected chi connectivity index (χ4v) is 4.61. The van der Waals surface area contributed by atoms with Gasteiger partial charge in [-0.1, -0.05) is 17.6 Å². The Balaban J connectivity index is 1.66. The molecule has 6 nitrogen and oxygen atoms in total. The average molecular weight is 412 g/mol. The molecule has 28 heavy (non-hydrogen) atoms. The van der Waals surface area contributed by atoms with Gasteiger partial charge in [0, 0.05) is 12.5 Å². The number of allylic oxidation sites excluding steroid dienone is 1. The molecular formula is C21H30ClNO5. The van der Waals surface area contributed by atoms with Crippen LogP contribution in [-0.2, 0) is 23.7 Å². The van der Waals surface area contributed by atoms with Gasteiger partial charge in [0.25, 0.3) is 0 Å². The number of epoxide rings is 2. The average Bonchev–Trinajstić information content (AvgIpc) is 3.56. The Bertz CT molecular complexity index is 676. The van der Waals surface area contributed by atoms with E-state index in [-0.39, 0.29) is 47.9 Å². The number of methoxy groups -OCH3 is 1. The Morgan fingerprint density at radius 3 is 2.79 bits per heavy atom. The number of nitrogens with one attached hydrogen (secondary N) is 1. The number of hydrogen-bond acceptors (Lipinski definition) is 6. The molecule has 1 N–H and O–H groups in total. The molecule has 0 aromatic carbocycles. The lowest BCUT2D eigenvalue weighted by atomic mass is 9.68. The predicted molar refractivity (Wildman–Crippen MR) is 106 cm³/mol. The number of rotatable bonds is 8. The highest BCUT2D eigenvalue weighted by Crippen LogP contribution is 2.59. The summed E-state index contributed by atoms with van der Waals surface area (Å²) >= 11 is 5.30. The third-order valence-corrected chi connectivity index (χ3v) is 6.20. The summed E-state index contributed by atoms with van der Waals surface area (Å²) in [6.07, 6.45) is 4.20. The largest absolute Gasteiger partial charge is 0.459 e. The second kappa shape index (κ2) is 8.73. The van der Waals surface area contributed by atoms with E-state index in [1.807, 2.05) is 0 Å². The van der Waals surface area contributed by atoms with Crippen molar-refractivity contribution in [2.24, 2.45) is 5.92 Å². The van der Waals surface area contributed by atoms with Gasteiger partial charge in [-0.05, 0) is 51.6 Å². The summed E-state index contributed by atoms with van der Waals surface area (Å²) in [5.41, 5.74) is 0.731. The summed E-state index contributed by atoms with van der Waals surface area (Å²) in [7, 11) is 1.67. The van der Waals surface area contributed by atoms with Crippen molar-refractivity contribution in [1.29, 1.82) is 0 Å². The first-order valence-electron chi connectivity index (χ1n) is 9.83. The van der Waals surface area contributed by atoms with E-state index in [0.717, 1.165) is 19.3 Å². The van der Waals surface area contributed by atoms with Crippen molar-refractivity contribution < 1.29 is 23.7 Å². The van der Waals surface area contributed by atoms with Gasteiger partial charge in [0.05, 0.1) is 31.7 Å². The zero-order valence-corrected chi connectivity index (χ0v) is 17.8. The molecule has 0 aromatic rings. The van der Waals surface area contributed by atoms with Gasteiger partial charge in [0.15, 0.2) is 0 Å². The third-order valence-electron chi connectivity index (χ3n) is 6.07. The Kier molecular flexibility index (Phi) is 6.73. The van der Waals surface area contributed by atoms with Crippen LogP contribution in [0.4, 0.5) is 0 Å². The molecule has 6 atom stereocenters. The molecule has 0 radical (unpaired) electrons. The molecule has 0 bridgehead atoms. The highest BCUT2D eigenvalue weighted by molar-refractivity contribution is 6.30. The molecule has 0 aromatic heterocycles. The molecule has 1 unspecified atom stereocenters. The fraction of sp³-hybridized carbons (Fsp3) is 0.762. The molecule has 2 saturated heterocycles. The monoisotopic (exact) mass is 411 g/mol. The van der Waals surface area contributed by atoms with Gasteiger partial charge in [-0.25, -0.2) is 0 Å². The van der Waals surface area contributed by atoms with Crippen molar-refractivity contribution in [2.45, 2.75) is 69.5 Å². The molecule has 156 valence electrons. The van der Waals surface area contributed by atoms with Gasteiger partial charge in [0.1, 0.15) is 23.4 Å². The van der Waals surface area contributed by atoms with E-state index in [0.29, 0.717) is 13.2 Å². The second-order valence-electron chi connectivity index (χ2n) is 8.28. The van der Waals surface area contributed by atoms with Crippen LogP contribution in [0.15, 0.2) is 11.6 Å². The van der Waals surface area contributed by atoms with Crippen molar-refractivity contribution in [2.75, 3.05) is 26.8 Å². The smallest absolute Gasteiger partial charge is 0.320 e. The van der Waals surface area contributed by atoms with Gasteiger partial charge in [-0.15, -0.1) is 0 Å². The Hall–Kier alpha value is -1.10. The molecule has 3 rings (SSSR count). The van der Waals surface area contributed by atoms with Gasteiger partial charge in [-0.2, -0.15) is 0 Å². The van der Waals surface area contributed by atoms with Crippen molar-refractivity contribution >= 4 is 17.6 Å². The van der Waals surface area contributed by atoms with E-state index in [1.165, 1.54) is 5.57 Å². The van der Waals surface area contributed by atoms with Gasteiger partial charge >= 0.3 is 5.97 Å². The Morgan fingerprint density at radius 2 is 2.18 bits per heavy atom. The first kappa shape index (κ1) is 21.6. The van der Waals surface area contributed by atoms with Crippen LogP contribution >= 0.6 is 11.6 Å². The minimum absolute atomic E-state index is 0.0298. The number of carbonyl (C=O) groups excluding carboxylic acids is 1. The molecule has 3 fully saturated rings. The maximum Gasteiger partial charge on any atom is 0.320 e. The topological polar surface area (TPSA) is 72.6 Å². The second-order valence-corrected chi connectivity index (χ2v) is 8.47. The standard InChI is InChI=1S/C21H30ClNO5/c1-14(2)6-7-16-20(3,28-16)19-18(25-4)15(8-9-21(19)13-26-21)27-17(24)12-23-11-5-10-22/h6,15-16,18-19,23H,7-9,11-13H2,1-4H3/t15-,16?,18-,19-,20+,21+/m1/s1. The molecule has 1 spiro atoms. The summed E-state index contributed by atoms with van der Waals surface area (Å²) in [5.74, 6) is 2.35. The number of esters is 1. The predicted octanol–water partition coefficient (Wildman–Crippen LogP) is 2.40. The molecule has 7 heteroatoms. The number of halogens is 1. The third kappa shape index (κ3) is 4.55. The number of carbonyl (C=O) groups is 1. The maximum absolute atomic E-state index is 12.2. The van der Waals surface area contributed by atoms with Crippen LogP contribution in [0, 0.1) is 17.2 Å². The van der Waals surface area contributed by atoms with E-state index in [1.54, 1.807) is 7.11 Å². The summed E-state index contributed by atoms with van der Waals surface area (Å²) < 4.78 is 23.7. The van der Waals surface area contributed by atoms with Crippen molar-refractivity contribution in [3.05, 3.63) is 11.6 Å². The maximum atomic E-state index is 12.2. The van der Waals surface area contributed by atoms with E-state index < -0.39 is 0 Å². The van der Waals surface area contributed by atoms with Crippen LogP contribution in [-0.4, -0.2) is 62.3 Å². The molecule has 3 aliphatic rings. The van der Waals surface area contributed by atoms with Gasteiger partial charge < -0.3 is 18.9 Å². The fourth-order valence-electron chi connectivity index (χ4n) is 4.54. The first-order chi connectivity index (χ1) is 13.4. The molecule has 2 heterocycles. The van der Waals surface area contributed by atoms with Gasteiger partial charge in [-0.3, -0.25) is 10.1 Å². The summed E-state index contributed by atoms with van der Waals surface area (Å²) in [6.45, 7) is 7.45. The highest BCUT2D eigenvalue weighted by Gasteiger charge is 2.72. The lowest BCUT2D eigenvalue weighted by Crippen LogP contribution is -2.56. The van der Waals surface area contributed by atoms with E-state index >= 15 is 0 Å². The van der Waals surface area contributed by atoms with Crippen LogP contribution in [0.3, 0.4) is 0 Å². The quantitative estimate of drug-likeness (QED) is 0.217. The molecule has 1 aliphatic carbocycles. The summed E-state index contributed by atoms with van der Waals surface area (Å²) in [4.78, 5) is 12.2. The zero-order chi connectivity index (χ0) is 20.4. The normalized spacial score (nSPS) is 38.3. The van der Waals surface area contributed by atoms with Crippen LogP contribution < -0.4 is 5.32 Å². The van der Waals surface area contributed by atoms with Crippen molar-refractivity contribution in [3.8, 4) is 11.3 Å². The Labute approximate surface area is 172 Å². The lowest BCUT2D eigenvalue weighted by molar-refractivity contribution is -0.170. The van der Waals surface area contributed by atoms with Crippen LogP contribution in [0.25, 0.3) is 0 Å². The lowest BCUT2D eigenvalue weighted by Gasteiger charge is -2.42. The minimum Gasteiger partial charge on any atom is -0.459 e.